The maximum Gasteiger partial charge on any atom is 0.474 e. The monoisotopic (exact) mass is 487 g/mol. The summed E-state index contributed by atoms with van der Waals surface area (Å²) >= 11 is 0. The number of nitrogens with zero attached hydrogens (tertiary/aromatic N) is 4. The van der Waals surface area contributed by atoms with Crippen LogP contribution in [0.4, 0.5) is 5.95 Å². The van der Waals surface area contributed by atoms with Gasteiger partial charge in [0.05, 0.1) is 25.6 Å². The zero-order valence-electron chi connectivity index (χ0n) is 18.5. The summed E-state index contributed by atoms with van der Waals surface area (Å²) in [5.41, 5.74) is 6.35. The van der Waals surface area contributed by atoms with Gasteiger partial charge in [0.1, 0.15) is 12.8 Å². The van der Waals surface area contributed by atoms with Crippen molar-refractivity contribution in [3.05, 3.63) is 6.33 Å². The van der Waals surface area contributed by atoms with Crippen LogP contribution in [-0.2, 0) is 37.2 Å². The van der Waals surface area contributed by atoms with Crippen LogP contribution in [0.15, 0.2) is 6.33 Å². The third-order valence-corrected chi connectivity index (χ3v) is 5.98. The maximum absolute atomic E-state index is 12.6. The summed E-state index contributed by atoms with van der Waals surface area (Å²) in [5, 5.41) is 0. The summed E-state index contributed by atoms with van der Waals surface area (Å²) in [6.07, 6.45) is 2.01. The van der Waals surface area contributed by atoms with Crippen LogP contribution in [0.5, 0.6) is 5.88 Å². The first-order chi connectivity index (χ1) is 15.7. The largest absolute Gasteiger partial charge is 0.474 e. The molecule has 3 rings (SSSR count). The van der Waals surface area contributed by atoms with Gasteiger partial charge >= 0.3 is 19.8 Å². The predicted molar refractivity (Wildman–Crippen MR) is 112 cm³/mol. The molecule has 15 heteroatoms. The van der Waals surface area contributed by atoms with Crippen LogP contribution in [0.1, 0.15) is 39.3 Å². The predicted octanol–water partition coefficient (Wildman–Crippen LogP) is 1.75. The van der Waals surface area contributed by atoms with Crippen molar-refractivity contribution < 1.29 is 41.9 Å². The molecule has 0 amide bonds. The summed E-state index contributed by atoms with van der Waals surface area (Å²) in [6, 6.07) is 0. The van der Waals surface area contributed by atoms with Gasteiger partial charge in [0.25, 0.3) is 5.88 Å². The average Bonchev–Trinajstić information content (AvgIpc) is 3.41. The minimum Gasteiger partial charge on any atom is -0.463 e. The molecule has 14 nitrogen and oxygen atoms in total. The van der Waals surface area contributed by atoms with Crippen molar-refractivity contribution in [3.63, 3.8) is 0 Å². The standard InChI is InChI=1S/C18H26N5O9P/c1-4-14(25)28-7-8-29-33(26,27-3)30-9-12-5-6-13(32-12)23-10-20-15-16(23)21-18(19)22-17(15)31-11(2)24/h10,12-13H,4-9H2,1-3H3,(H2,19,21,22)/t12-,13+,33?/m0/s1. The number of carbonyl (C=O) groups is 2. The van der Waals surface area contributed by atoms with E-state index in [-0.39, 0.29) is 43.6 Å². The van der Waals surface area contributed by atoms with Gasteiger partial charge in [0.2, 0.25) is 5.95 Å². The van der Waals surface area contributed by atoms with Gasteiger partial charge in [-0.2, -0.15) is 9.97 Å². The first-order valence-electron chi connectivity index (χ1n) is 10.2. The Morgan fingerprint density at radius 2 is 2.06 bits per heavy atom. The molecule has 0 saturated carbocycles. The fraction of sp³-hybridized carbons (Fsp3) is 0.611. The smallest absolute Gasteiger partial charge is 0.463 e. The van der Waals surface area contributed by atoms with Gasteiger partial charge in [0, 0.05) is 20.5 Å². The van der Waals surface area contributed by atoms with Crippen molar-refractivity contribution in [2.45, 2.75) is 45.4 Å². The van der Waals surface area contributed by atoms with Crippen LogP contribution in [0.2, 0.25) is 0 Å². The second-order valence-electron chi connectivity index (χ2n) is 6.93. The van der Waals surface area contributed by atoms with Crippen molar-refractivity contribution in [1.82, 2.24) is 19.5 Å². The number of nitrogens with two attached hydrogens (primary N) is 1. The molecular formula is C18H26N5O9P. The average molecular weight is 487 g/mol. The van der Waals surface area contributed by atoms with E-state index in [4.69, 9.17) is 33.5 Å². The number of hydrogen-bond acceptors (Lipinski definition) is 13. The van der Waals surface area contributed by atoms with Gasteiger partial charge in [-0.05, 0) is 12.8 Å². The van der Waals surface area contributed by atoms with Crippen molar-refractivity contribution in [2.75, 3.05) is 32.7 Å². The molecule has 2 N–H and O–H groups in total. The van der Waals surface area contributed by atoms with Crippen LogP contribution in [0.3, 0.4) is 0 Å². The topological polar surface area (TPSA) is 176 Å². The van der Waals surface area contributed by atoms with Crippen LogP contribution in [-0.4, -0.2) is 64.5 Å². The molecule has 182 valence electrons. The van der Waals surface area contributed by atoms with E-state index < -0.39 is 32.1 Å². The molecule has 0 aliphatic carbocycles. The number of phosphoric acid groups is 1. The fourth-order valence-corrected chi connectivity index (χ4v) is 3.99. The first kappa shape index (κ1) is 25.0. The lowest BCUT2D eigenvalue weighted by Gasteiger charge is -2.19. The van der Waals surface area contributed by atoms with E-state index in [1.807, 2.05) is 0 Å². The Balaban J connectivity index is 1.58. The Morgan fingerprint density at radius 1 is 1.27 bits per heavy atom. The number of nitrogen functional groups attached to an aromatic ring is 1. The molecule has 1 fully saturated rings. The highest BCUT2D eigenvalue weighted by Crippen LogP contribution is 2.49. The normalized spacial score (nSPS) is 20.0. The molecule has 1 aliphatic rings. The molecule has 1 unspecified atom stereocenters. The first-order valence-corrected chi connectivity index (χ1v) is 11.6. The van der Waals surface area contributed by atoms with E-state index in [1.165, 1.54) is 20.4 Å². The summed E-state index contributed by atoms with van der Waals surface area (Å²) in [7, 11) is -2.65. The van der Waals surface area contributed by atoms with E-state index in [0.29, 0.717) is 18.5 Å². The summed E-state index contributed by atoms with van der Waals surface area (Å²) < 4.78 is 45.5. The molecule has 0 bridgehead atoms. The highest BCUT2D eigenvalue weighted by atomic mass is 31.2. The van der Waals surface area contributed by atoms with Gasteiger partial charge in [-0.3, -0.25) is 27.7 Å². The molecule has 3 heterocycles. The highest BCUT2D eigenvalue weighted by molar-refractivity contribution is 7.48. The zero-order chi connectivity index (χ0) is 24.0. The molecule has 0 spiro atoms. The number of imidazole rings is 1. The third kappa shape index (κ3) is 6.45. The summed E-state index contributed by atoms with van der Waals surface area (Å²) in [4.78, 5) is 34.7. The number of hydrogen-bond donors (Lipinski definition) is 1. The number of aromatic nitrogens is 4. The van der Waals surface area contributed by atoms with E-state index in [1.54, 1.807) is 11.5 Å². The van der Waals surface area contributed by atoms with Gasteiger partial charge in [-0.15, -0.1) is 0 Å². The number of carbonyl (C=O) groups excluding carboxylic acids is 2. The quantitative estimate of drug-likeness (QED) is 0.276. The number of esters is 2. The second kappa shape index (κ2) is 11.0. The molecule has 3 atom stereocenters. The number of anilines is 1. The van der Waals surface area contributed by atoms with Crippen molar-refractivity contribution in [1.29, 1.82) is 0 Å². The SMILES string of the molecule is CCC(=O)OCCOP(=O)(OC)OC[C@@H]1CC[C@H](n2cnc3c(OC(C)=O)nc(N)nc32)O1. The lowest BCUT2D eigenvalue weighted by molar-refractivity contribution is -0.144. The number of fused-ring (bicyclic) bond motifs is 1. The van der Waals surface area contributed by atoms with E-state index in [2.05, 4.69) is 15.0 Å². The maximum atomic E-state index is 12.6. The molecule has 2 aromatic rings. The van der Waals surface area contributed by atoms with E-state index >= 15 is 0 Å². The van der Waals surface area contributed by atoms with Crippen LogP contribution < -0.4 is 10.5 Å². The van der Waals surface area contributed by atoms with Crippen LogP contribution in [0, 0.1) is 0 Å². The molecular weight excluding hydrogens is 461 g/mol. The lowest BCUT2D eigenvalue weighted by Crippen LogP contribution is -2.17. The minimum atomic E-state index is -3.84. The molecule has 1 saturated heterocycles. The van der Waals surface area contributed by atoms with Crippen molar-refractivity contribution in [3.8, 4) is 5.88 Å². The molecule has 2 aromatic heterocycles. The van der Waals surface area contributed by atoms with Gasteiger partial charge in [-0.1, -0.05) is 6.92 Å². The third-order valence-electron chi connectivity index (χ3n) is 4.57. The van der Waals surface area contributed by atoms with E-state index in [0.717, 1.165) is 0 Å². The van der Waals surface area contributed by atoms with Crippen molar-refractivity contribution >= 4 is 36.9 Å². The Kier molecular flexibility index (Phi) is 8.32. The Labute approximate surface area is 189 Å². The molecule has 0 radical (unpaired) electrons. The zero-order valence-corrected chi connectivity index (χ0v) is 19.4. The van der Waals surface area contributed by atoms with Crippen LogP contribution in [0.25, 0.3) is 11.2 Å². The van der Waals surface area contributed by atoms with Gasteiger partial charge in [-0.25, -0.2) is 9.55 Å². The molecule has 0 aromatic carbocycles. The highest BCUT2D eigenvalue weighted by Gasteiger charge is 2.33. The van der Waals surface area contributed by atoms with E-state index in [9.17, 15) is 14.2 Å². The number of phosphoric ester groups is 1. The number of rotatable bonds is 11. The Bertz CT molecular complexity index is 1050. The Hall–Kier alpha value is -2.64. The van der Waals surface area contributed by atoms with Crippen molar-refractivity contribution in [2.24, 2.45) is 0 Å². The number of ether oxygens (including phenoxy) is 3. The summed E-state index contributed by atoms with van der Waals surface area (Å²) in [5.74, 6) is -1.08. The Morgan fingerprint density at radius 3 is 2.76 bits per heavy atom. The van der Waals surface area contributed by atoms with Crippen LogP contribution >= 0.6 is 7.82 Å². The summed E-state index contributed by atoms with van der Waals surface area (Å²) in [6.45, 7) is 2.64. The lowest BCUT2D eigenvalue weighted by atomic mass is 10.2. The molecule has 1 aliphatic heterocycles. The fourth-order valence-electron chi connectivity index (χ4n) is 3.06. The second-order valence-corrected chi connectivity index (χ2v) is 8.70. The van der Waals surface area contributed by atoms with Gasteiger partial charge < -0.3 is 19.9 Å². The minimum absolute atomic E-state index is 0.0376. The van der Waals surface area contributed by atoms with Gasteiger partial charge in [0.15, 0.2) is 11.2 Å². The molecule has 33 heavy (non-hydrogen) atoms.